The van der Waals surface area contributed by atoms with Crippen molar-refractivity contribution in [3.05, 3.63) is 85.1 Å². The second kappa shape index (κ2) is 73.5. The first kappa shape index (κ1) is 96.2. The highest BCUT2D eigenvalue weighted by atomic mass is 31.2. The Morgan fingerprint density at radius 3 is 0.860 bits per heavy atom. The Balaban J connectivity index is 5.32. The van der Waals surface area contributed by atoms with Crippen molar-refractivity contribution < 1.29 is 80.2 Å². The van der Waals surface area contributed by atoms with Crippen LogP contribution in [0.1, 0.15) is 349 Å². The largest absolute Gasteiger partial charge is 0.472 e. The molecule has 0 rings (SSSR count). The van der Waals surface area contributed by atoms with Gasteiger partial charge in [-0.1, -0.05) is 293 Å². The number of carbonyl (C=O) groups excluding carboxylic acids is 4. The van der Waals surface area contributed by atoms with E-state index >= 15 is 0 Å². The first-order valence-corrected chi connectivity index (χ1v) is 42.8. The summed E-state index contributed by atoms with van der Waals surface area (Å²) in [4.78, 5) is 72.9. The van der Waals surface area contributed by atoms with Crippen LogP contribution in [-0.4, -0.2) is 96.7 Å². The number of hydrogen-bond donors (Lipinski definition) is 3. The van der Waals surface area contributed by atoms with E-state index in [4.69, 9.17) is 37.0 Å². The Labute approximate surface area is 608 Å². The van der Waals surface area contributed by atoms with E-state index in [1.807, 2.05) is 0 Å². The summed E-state index contributed by atoms with van der Waals surface area (Å²) < 4.78 is 68.5. The zero-order valence-corrected chi connectivity index (χ0v) is 65.2. The Hall–Kier alpha value is -3.76. The Bertz CT molecular complexity index is 2230. The molecule has 5 atom stereocenters. The molecule has 0 aliphatic carbocycles. The van der Waals surface area contributed by atoms with Crippen LogP contribution < -0.4 is 0 Å². The lowest BCUT2D eigenvalue weighted by Gasteiger charge is -2.21. The molecule has 0 spiro atoms. The first-order chi connectivity index (χ1) is 48.7. The summed E-state index contributed by atoms with van der Waals surface area (Å²) in [5, 5.41) is 10.6. The van der Waals surface area contributed by atoms with Gasteiger partial charge in [-0.2, -0.15) is 0 Å². The van der Waals surface area contributed by atoms with Gasteiger partial charge in [0, 0.05) is 25.7 Å². The minimum atomic E-state index is -4.98. The average Bonchev–Trinajstić information content (AvgIpc) is 0.926. The summed E-state index contributed by atoms with van der Waals surface area (Å²) in [6.07, 6.45) is 75.6. The number of phosphoric ester groups is 2. The fraction of sp³-hybridized carbons (Fsp3) is 0.778. The Morgan fingerprint density at radius 1 is 0.290 bits per heavy atom. The third-order valence-electron chi connectivity index (χ3n) is 16.8. The van der Waals surface area contributed by atoms with Crippen LogP contribution in [0.3, 0.4) is 0 Å². The van der Waals surface area contributed by atoms with E-state index in [1.54, 1.807) is 0 Å². The molecule has 0 fully saturated rings. The predicted octanol–water partition coefficient (Wildman–Crippen LogP) is 23.0. The van der Waals surface area contributed by atoms with Gasteiger partial charge >= 0.3 is 39.5 Å². The fourth-order valence-corrected chi connectivity index (χ4v) is 12.3. The molecule has 0 aromatic rings. The molecule has 580 valence electrons. The summed E-state index contributed by atoms with van der Waals surface area (Å²) >= 11 is 0. The molecule has 0 aliphatic heterocycles. The molecule has 0 aromatic heterocycles. The molecule has 0 bridgehead atoms. The van der Waals surface area contributed by atoms with E-state index in [0.717, 1.165) is 167 Å². The van der Waals surface area contributed by atoms with Crippen LogP contribution >= 0.6 is 15.6 Å². The molecule has 3 N–H and O–H groups in total. The molecule has 0 amide bonds. The molecule has 0 heterocycles. The van der Waals surface area contributed by atoms with Crippen molar-refractivity contribution in [2.24, 2.45) is 0 Å². The zero-order chi connectivity index (χ0) is 73.2. The van der Waals surface area contributed by atoms with Crippen LogP contribution in [0.25, 0.3) is 0 Å². The maximum absolute atomic E-state index is 13.1. The minimum Gasteiger partial charge on any atom is -0.462 e. The van der Waals surface area contributed by atoms with Crippen molar-refractivity contribution in [2.45, 2.75) is 367 Å². The number of aliphatic hydroxyl groups excluding tert-OH is 1. The van der Waals surface area contributed by atoms with Gasteiger partial charge in [0.25, 0.3) is 0 Å². The molecule has 0 radical (unpaired) electrons. The summed E-state index contributed by atoms with van der Waals surface area (Å²) in [6, 6.07) is 0. The maximum atomic E-state index is 13.1. The Morgan fingerprint density at radius 2 is 0.530 bits per heavy atom. The molecule has 19 heteroatoms. The quantitative estimate of drug-likeness (QED) is 0.0169. The number of ether oxygens (including phenoxy) is 4. The average molecular weight is 1450 g/mol. The molecule has 5 unspecified atom stereocenters. The van der Waals surface area contributed by atoms with Gasteiger partial charge < -0.3 is 33.8 Å². The van der Waals surface area contributed by atoms with E-state index in [9.17, 15) is 43.2 Å². The Kier molecular flexibility index (Phi) is 70.8. The maximum Gasteiger partial charge on any atom is 0.472 e. The van der Waals surface area contributed by atoms with Crippen molar-refractivity contribution in [3.8, 4) is 0 Å². The zero-order valence-electron chi connectivity index (χ0n) is 63.4. The topological polar surface area (TPSA) is 237 Å². The van der Waals surface area contributed by atoms with Gasteiger partial charge in [-0.15, -0.1) is 0 Å². The summed E-state index contributed by atoms with van der Waals surface area (Å²) in [7, 11) is -9.95. The molecular formula is C81H144O17P2. The monoisotopic (exact) mass is 1450 g/mol. The lowest BCUT2D eigenvalue weighted by atomic mass is 10.0. The number of phosphoric acid groups is 2. The lowest BCUT2D eigenvalue weighted by Crippen LogP contribution is -2.30. The highest BCUT2D eigenvalue weighted by Gasteiger charge is 2.30. The van der Waals surface area contributed by atoms with Gasteiger partial charge in [-0.3, -0.25) is 37.3 Å². The minimum absolute atomic E-state index is 0.0733. The SMILES string of the molecule is CC/C=C\C/C=C\C/C=C\CCCCCCCC(=O)OC(COC(=O)CCCCCCCC/C=C\C/C=C\C/C=C\CCCCC)COP(=O)(O)OCC(O)COP(=O)(O)OCC(COC(=O)CCCCCCCCCCCCCCCCC)OC(=O)CCCCCCC/C=C\CCCC. The number of carbonyl (C=O) groups is 4. The van der Waals surface area contributed by atoms with Crippen molar-refractivity contribution >= 4 is 39.5 Å². The summed E-state index contributed by atoms with van der Waals surface area (Å²) in [5.74, 6) is -2.19. The van der Waals surface area contributed by atoms with Gasteiger partial charge in [0.05, 0.1) is 26.4 Å². The van der Waals surface area contributed by atoms with E-state index < -0.39 is 97.5 Å². The van der Waals surface area contributed by atoms with Crippen LogP contribution in [-0.2, 0) is 65.4 Å². The number of allylic oxidation sites excluding steroid dienone is 14. The van der Waals surface area contributed by atoms with Crippen molar-refractivity contribution in [1.29, 1.82) is 0 Å². The molecule has 17 nitrogen and oxygen atoms in total. The number of hydrogen-bond acceptors (Lipinski definition) is 15. The highest BCUT2D eigenvalue weighted by molar-refractivity contribution is 7.47. The van der Waals surface area contributed by atoms with Gasteiger partial charge in [0.1, 0.15) is 19.3 Å². The van der Waals surface area contributed by atoms with Crippen LogP contribution in [0, 0.1) is 0 Å². The second-order valence-electron chi connectivity index (χ2n) is 26.6. The van der Waals surface area contributed by atoms with Crippen molar-refractivity contribution in [2.75, 3.05) is 39.6 Å². The standard InChI is InChI=1S/C81H144O17P2/c1-5-9-13-17-21-25-29-32-35-36-37-38-41-43-47-50-54-58-62-66-79(84)92-72-77(98-81(86)68-64-60-56-52-48-44-40-34-31-27-23-19-15-11-7-3)74-96-100(89,90)94-70-75(82)69-93-99(87,88)95-73-76(97-80(85)67-63-59-55-51-45-28-24-20-16-12-8-4)71-91-78(83)65-61-57-53-49-46-42-39-33-30-26-22-18-14-10-6-2/h11,15,20-21,23-25,27,32,34-35,37-38,40,75-77,82H,5-10,12-14,16-19,22,26,28-31,33,36,39,41-74H2,1-4H3,(H,87,88)(H,89,90)/b15-11-,24-20-,25-21-,27-23-,35-32-,38-37-,40-34-. The van der Waals surface area contributed by atoms with E-state index in [1.165, 1.54) is 103 Å². The second-order valence-corrected chi connectivity index (χ2v) is 29.5. The van der Waals surface area contributed by atoms with Crippen LogP contribution in [0.5, 0.6) is 0 Å². The molecule has 0 aliphatic rings. The van der Waals surface area contributed by atoms with E-state index in [0.29, 0.717) is 25.7 Å². The van der Waals surface area contributed by atoms with Gasteiger partial charge in [0.15, 0.2) is 12.2 Å². The number of unbranched alkanes of at least 4 members (excludes halogenated alkanes) is 35. The fourth-order valence-electron chi connectivity index (χ4n) is 10.8. The van der Waals surface area contributed by atoms with Crippen molar-refractivity contribution in [3.63, 3.8) is 0 Å². The normalized spacial score (nSPS) is 14.3. The van der Waals surface area contributed by atoms with Gasteiger partial charge in [-0.25, -0.2) is 9.13 Å². The van der Waals surface area contributed by atoms with Gasteiger partial charge in [0.2, 0.25) is 0 Å². The summed E-state index contributed by atoms with van der Waals surface area (Å²) in [5.41, 5.74) is 0. The number of aliphatic hydroxyl groups is 1. The van der Waals surface area contributed by atoms with E-state index in [-0.39, 0.29) is 25.7 Å². The van der Waals surface area contributed by atoms with Crippen LogP contribution in [0.15, 0.2) is 85.1 Å². The number of esters is 4. The third-order valence-corrected chi connectivity index (χ3v) is 18.7. The molecule has 100 heavy (non-hydrogen) atoms. The predicted molar refractivity (Wildman–Crippen MR) is 409 cm³/mol. The van der Waals surface area contributed by atoms with E-state index in [2.05, 4.69) is 113 Å². The molecular weight excluding hydrogens is 1310 g/mol. The van der Waals surface area contributed by atoms with Crippen LogP contribution in [0.4, 0.5) is 0 Å². The molecule has 0 saturated heterocycles. The van der Waals surface area contributed by atoms with Gasteiger partial charge in [-0.05, 0) is 116 Å². The lowest BCUT2D eigenvalue weighted by molar-refractivity contribution is -0.161. The van der Waals surface area contributed by atoms with Crippen molar-refractivity contribution in [1.82, 2.24) is 0 Å². The number of rotatable bonds is 75. The smallest absolute Gasteiger partial charge is 0.462 e. The highest BCUT2D eigenvalue weighted by Crippen LogP contribution is 2.45. The first-order valence-electron chi connectivity index (χ1n) is 39.8. The molecule has 0 saturated carbocycles. The van der Waals surface area contributed by atoms with Crippen LogP contribution in [0.2, 0.25) is 0 Å². The third kappa shape index (κ3) is 72.6. The molecule has 0 aromatic carbocycles. The summed E-state index contributed by atoms with van der Waals surface area (Å²) in [6.45, 7) is 4.70.